The van der Waals surface area contributed by atoms with Gasteiger partial charge in [-0.3, -0.25) is 4.79 Å². The number of aryl methyl sites for hydroxylation is 1. The Labute approximate surface area is 156 Å². The number of hydrogen-bond acceptors (Lipinski definition) is 6. The normalized spacial score (nSPS) is 14.7. The van der Waals surface area contributed by atoms with Crippen molar-refractivity contribution >= 4 is 23.9 Å². The minimum Gasteiger partial charge on any atom is -0.493 e. The topological polar surface area (TPSA) is 100 Å². The molecule has 0 atom stereocenters. The van der Waals surface area contributed by atoms with Crippen LogP contribution in [0.4, 0.5) is 0 Å². The highest BCUT2D eigenvalue weighted by atomic mass is 16.6. The second-order valence-electron chi connectivity index (χ2n) is 5.87. The van der Waals surface area contributed by atoms with Gasteiger partial charge in [-0.25, -0.2) is 9.79 Å². The summed E-state index contributed by atoms with van der Waals surface area (Å²) in [4.78, 5) is 27.3. The molecule has 0 saturated carbocycles. The van der Waals surface area contributed by atoms with Gasteiger partial charge in [-0.05, 0) is 42.8 Å². The zero-order chi connectivity index (χ0) is 19.4. The van der Waals surface area contributed by atoms with Gasteiger partial charge in [0.05, 0.1) is 7.11 Å². The first-order valence-electron chi connectivity index (χ1n) is 8.15. The van der Waals surface area contributed by atoms with Crippen LogP contribution in [0.1, 0.15) is 16.7 Å². The van der Waals surface area contributed by atoms with Crippen LogP contribution in [-0.2, 0) is 14.3 Å². The minimum absolute atomic E-state index is 0.180. The highest BCUT2D eigenvalue weighted by Crippen LogP contribution is 2.29. The SMILES string of the molecule is COc1cc(C=C2N=C(c3cccc(C)c3)OC2=O)ccc1OCC(N)=O. The van der Waals surface area contributed by atoms with Gasteiger partial charge in [-0.1, -0.05) is 23.8 Å². The van der Waals surface area contributed by atoms with Gasteiger partial charge in [0.25, 0.3) is 5.91 Å². The first-order chi connectivity index (χ1) is 13.0. The highest BCUT2D eigenvalue weighted by Gasteiger charge is 2.24. The second-order valence-corrected chi connectivity index (χ2v) is 5.87. The molecule has 0 aromatic heterocycles. The molecule has 0 spiro atoms. The number of hydrogen-bond donors (Lipinski definition) is 1. The van der Waals surface area contributed by atoms with E-state index in [-0.39, 0.29) is 18.2 Å². The number of carbonyl (C=O) groups excluding carboxylic acids is 2. The van der Waals surface area contributed by atoms with Gasteiger partial charge in [-0.2, -0.15) is 0 Å². The van der Waals surface area contributed by atoms with Crippen LogP contribution in [0.15, 0.2) is 53.2 Å². The van der Waals surface area contributed by atoms with Crippen LogP contribution in [0, 0.1) is 6.92 Å². The summed E-state index contributed by atoms with van der Waals surface area (Å²) in [5.41, 5.74) is 7.70. The third kappa shape index (κ3) is 4.33. The van der Waals surface area contributed by atoms with Gasteiger partial charge in [0.2, 0.25) is 5.90 Å². The Morgan fingerprint density at radius 3 is 2.74 bits per heavy atom. The van der Waals surface area contributed by atoms with E-state index in [0.29, 0.717) is 17.1 Å². The van der Waals surface area contributed by atoms with E-state index >= 15 is 0 Å². The molecule has 0 radical (unpaired) electrons. The first kappa shape index (κ1) is 18.2. The number of rotatable bonds is 6. The zero-order valence-electron chi connectivity index (χ0n) is 14.9. The van der Waals surface area contributed by atoms with E-state index < -0.39 is 11.9 Å². The van der Waals surface area contributed by atoms with Gasteiger partial charge in [0.15, 0.2) is 23.8 Å². The van der Waals surface area contributed by atoms with Crippen molar-refractivity contribution in [2.24, 2.45) is 10.7 Å². The van der Waals surface area contributed by atoms with Gasteiger partial charge >= 0.3 is 5.97 Å². The molecule has 1 aliphatic rings. The fourth-order valence-electron chi connectivity index (χ4n) is 2.51. The van der Waals surface area contributed by atoms with Crippen molar-refractivity contribution in [1.29, 1.82) is 0 Å². The number of primary amides is 1. The number of nitrogens with zero attached hydrogens (tertiary/aromatic N) is 1. The Hall–Kier alpha value is -3.61. The lowest BCUT2D eigenvalue weighted by Gasteiger charge is -2.09. The third-order valence-electron chi connectivity index (χ3n) is 3.75. The molecule has 0 fully saturated rings. The van der Waals surface area contributed by atoms with E-state index in [1.165, 1.54) is 7.11 Å². The summed E-state index contributed by atoms with van der Waals surface area (Å²) in [6, 6.07) is 12.5. The number of esters is 1. The van der Waals surface area contributed by atoms with Crippen molar-refractivity contribution in [2.45, 2.75) is 6.92 Å². The number of carbonyl (C=O) groups is 2. The number of methoxy groups -OCH3 is 1. The summed E-state index contributed by atoms with van der Waals surface area (Å²) >= 11 is 0. The molecule has 0 unspecified atom stereocenters. The van der Waals surface area contributed by atoms with Gasteiger partial charge in [-0.15, -0.1) is 0 Å². The van der Waals surface area contributed by atoms with Crippen LogP contribution in [0.25, 0.3) is 6.08 Å². The molecule has 0 aliphatic carbocycles. The molecule has 27 heavy (non-hydrogen) atoms. The maximum absolute atomic E-state index is 12.1. The van der Waals surface area contributed by atoms with E-state index in [4.69, 9.17) is 19.9 Å². The van der Waals surface area contributed by atoms with E-state index in [9.17, 15) is 9.59 Å². The molecule has 2 aromatic carbocycles. The van der Waals surface area contributed by atoms with Crippen LogP contribution in [0.3, 0.4) is 0 Å². The summed E-state index contributed by atoms with van der Waals surface area (Å²) in [5.74, 6) is -0.0749. The lowest BCUT2D eigenvalue weighted by atomic mass is 10.1. The first-order valence-corrected chi connectivity index (χ1v) is 8.15. The van der Waals surface area contributed by atoms with E-state index in [2.05, 4.69) is 4.99 Å². The van der Waals surface area contributed by atoms with Crippen LogP contribution >= 0.6 is 0 Å². The predicted octanol–water partition coefficient (Wildman–Crippen LogP) is 2.21. The van der Waals surface area contributed by atoms with Gasteiger partial charge in [0, 0.05) is 5.56 Å². The smallest absolute Gasteiger partial charge is 0.363 e. The third-order valence-corrected chi connectivity index (χ3v) is 3.75. The molecular weight excluding hydrogens is 348 g/mol. The summed E-state index contributed by atoms with van der Waals surface area (Å²) in [6.45, 7) is 1.69. The number of aliphatic imine (C=N–C) groups is 1. The molecule has 3 rings (SSSR count). The summed E-state index contributed by atoms with van der Waals surface area (Å²) in [5, 5.41) is 0. The molecule has 1 amide bonds. The Kier molecular flexibility index (Phi) is 5.21. The Bertz CT molecular complexity index is 963. The number of nitrogens with two attached hydrogens (primary N) is 1. The lowest BCUT2D eigenvalue weighted by molar-refractivity contribution is -0.130. The molecule has 1 aliphatic heterocycles. The standard InChI is InChI=1S/C20H18N2O5/c1-12-4-3-5-14(8-12)19-22-15(20(24)27-19)9-13-6-7-16(17(10-13)25-2)26-11-18(21)23/h3-10H,11H2,1-2H3,(H2,21,23). The van der Waals surface area contributed by atoms with Gasteiger partial charge < -0.3 is 19.9 Å². The maximum Gasteiger partial charge on any atom is 0.363 e. The Morgan fingerprint density at radius 2 is 2.04 bits per heavy atom. The van der Waals surface area contributed by atoms with Crippen LogP contribution in [0.2, 0.25) is 0 Å². The molecule has 7 nitrogen and oxygen atoms in total. The maximum atomic E-state index is 12.1. The average Bonchev–Trinajstić information content (AvgIpc) is 3.01. The predicted molar refractivity (Wildman–Crippen MR) is 99.5 cm³/mol. The fourth-order valence-corrected chi connectivity index (χ4v) is 2.51. The van der Waals surface area contributed by atoms with Gasteiger partial charge in [0.1, 0.15) is 0 Å². The van der Waals surface area contributed by atoms with Crippen LogP contribution < -0.4 is 15.2 Å². The van der Waals surface area contributed by atoms with Crippen molar-refractivity contribution in [3.63, 3.8) is 0 Å². The minimum atomic E-state index is -0.588. The average molecular weight is 366 g/mol. The summed E-state index contributed by atoms with van der Waals surface area (Å²) in [7, 11) is 1.47. The van der Waals surface area contributed by atoms with Crippen molar-refractivity contribution in [3.8, 4) is 11.5 Å². The van der Waals surface area contributed by atoms with Crippen molar-refractivity contribution < 1.29 is 23.8 Å². The van der Waals surface area contributed by atoms with E-state index in [1.54, 1.807) is 24.3 Å². The summed E-state index contributed by atoms with van der Waals surface area (Å²) < 4.78 is 15.8. The van der Waals surface area contributed by atoms with E-state index in [0.717, 1.165) is 11.1 Å². The summed E-state index contributed by atoms with van der Waals surface area (Å²) in [6.07, 6.45) is 1.59. The van der Waals surface area contributed by atoms with Crippen LogP contribution in [-0.4, -0.2) is 31.5 Å². The zero-order valence-corrected chi connectivity index (χ0v) is 14.9. The number of benzene rings is 2. The number of cyclic esters (lactones) is 1. The highest BCUT2D eigenvalue weighted by molar-refractivity contribution is 6.12. The van der Waals surface area contributed by atoms with Crippen molar-refractivity contribution in [1.82, 2.24) is 0 Å². The lowest BCUT2D eigenvalue weighted by Crippen LogP contribution is -2.20. The molecule has 2 N–H and O–H groups in total. The number of ether oxygens (including phenoxy) is 3. The number of amides is 1. The quantitative estimate of drug-likeness (QED) is 0.624. The monoisotopic (exact) mass is 366 g/mol. The van der Waals surface area contributed by atoms with Crippen LogP contribution in [0.5, 0.6) is 11.5 Å². The van der Waals surface area contributed by atoms with Crippen molar-refractivity contribution in [3.05, 3.63) is 64.9 Å². The molecule has 1 heterocycles. The molecule has 2 aromatic rings. The molecule has 0 bridgehead atoms. The van der Waals surface area contributed by atoms with Crippen molar-refractivity contribution in [2.75, 3.05) is 13.7 Å². The van der Waals surface area contributed by atoms with E-state index in [1.807, 2.05) is 31.2 Å². The second kappa shape index (κ2) is 7.74. The largest absolute Gasteiger partial charge is 0.493 e. The molecular formula is C20H18N2O5. The Balaban J connectivity index is 1.87. The molecule has 138 valence electrons. The Morgan fingerprint density at radius 1 is 1.22 bits per heavy atom. The fraction of sp³-hybridized carbons (Fsp3) is 0.150. The molecule has 7 heteroatoms. The molecule has 0 saturated heterocycles.